The third-order valence-electron chi connectivity index (χ3n) is 8.96. The topological polar surface area (TPSA) is 102 Å². The summed E-state index contributed by atoms with van der Waals surface area (Å²) in [5.74, 6) is -0.520. The lowest BCUT2D eigenvalue weighted by molar-refractivity contribution is -0.142. The first-order chi connectivity index (χ1) is 19.5. The maximum Gasteiger partial charge on any atom is 0.249 e. The number of rotatable bonds is 11. The fourth-order valence-corrected chi connectivity index (χ4v) is 6.12. The number of piperidine rings is 1. The third-order valence-corrected chi connectivity index (χ3v) is 8.96. The highest BCUT2D eigenvalue weighted by Crippen LogP contribution is 2.27. The van der Waals surface area contributed by atoms with Crippen LogP contribution in [0.5, 0.6) is 0 Å². The maximum atomic E-state index is 14.1. The van der Waals surface area contributed by atoms with E-state index < -0.39 is 17.5 Å². The zero-order valence-electron chi connectivity index (χ0n) is 28.3. The fourth-order valence-electron chi connectivity index (χ4n) is 6.12. The predicted octanol–water partition coefficient (Wildman–Crippen LogP) is 4.12. The van der Waals surface area contributed by atoms with E-state index in [1.807, 2.05) is 54.5 Å². The van der Waals surface area contributed by atoms with Gasteiger partial charge in [0, 0.05) is 31.2 Å². The van der Waals surface area contributed by atoms with Gasteiger partial charge in [0.25, 0.3) is 0 Å². The monoisotopic (exact) mass is 589 g/mol. The number of likely N-dealkylation sites (tertiary alicyclic amines) is 2. The number of hydrogen-bond acceptors (Lipinski definition) is 5. The molecule has 0 aliphatic carbocycles. The van der Waals surface area contributed by atoms with E-state index in [1.165, 1.54) is 0 Å². The summed E-state index contributed by atoms with van der Waals surface area (Å²) in [5, 5.41) is 6.15. The summed E-state index contributed by atoms with van der Waals surface area (Å²) in [6, 6.07) is -1.49. The van der Waals surface area contributed by atoms with Crippen molar-refractivity contribution in [2.45, 2.75) is 144 Å². The zero-order chi connectivity index (χ0) is 31.9. The molecule has 0 saturated carbocycles. The van der Waals surface area contributed by atoms with Crippen LogP contribution in [0.1, 0.15) is 108 Å². The molecular formula is C33H59N5O4. The van der Waals surface area contributed by atoms with Gasteiger partial charge in [-0.2, -0.15) is 0 Å². The van der Waals surface area contributed by atoms with Crippen LogP contribution in [0, 0.1) is 11.3 Å². The van der Waals surface area contributed by atoms with E-state index >= 15 is 0 Å². The lowest BCUT2D eigenvalue weighted by atomic mass is 9.84. The highest BCUT2D eigenvalue weighted by molar-refractivity contribution is 5.97. The van der Waals surface area contributed by atoms with E-state index in [0.29, 0.717) is 18.5 Å². The SMILES string of the molecule is CC[C@H](C)NC(=O)[C@@H]1CCCN1C(=O)C(C)=C[C@H](C(C)C)N(C)C(=O)[C@@H](NC(=O)C1CCCCN1C(C)C)C(C)(C)C. The van der Waals surface area contributed by atoms with Crippen LogP contribution in [0.3, 0.4) is 0 Å². The van der Waals surface area contributed by atoms with Crippen molar-refractivity contribution in [3.63, 3.8) is 0 Å². The smallest absolute Gasteiger partial charge is 0.249 e. The van der Waals surface area contributed by atoms with Crippen molar-refractivity contribution in [1.29, 1.82) is 0 Å². The first-order valence-corrected chi connectivity index (χ1v) is 16.1. The molecule has 2 N–H and O–H groups in total. The van der Waals surface area contributed by atoms with Crippen LogP contribution in [-0.2, 0) is 19.2 Å². The summed E-state index contributed by atoms with van der Waals surface area (Å²) in [6.45, 7) is 21.3. The van der Waals surface area contributed by atoms with Gasteiger partial charge in [-0.3, -0.25) is 24.1 Å². The summed E-state index contributed by atoms with van der Waals surface area (Å²) >= 11 is 0. The maximum absolute atomic E-state index is 14.1. The Morgan fingerprint density at radius 1 is 0.905 bits per heavy atom. The molecule has 4 amide bonds. The molecule has 0 bridgehead atoms. The number of likely N-dealkylation sites (N-methyl/N-ethyl adjacent to an activating group) is 1. The quantitative estimate of drug-likeness (QED) is 0.353. The summed E-state index contributed by atoms with van der Waals surface area (Å²) in [4.78, 5) is 59.7. The highest BCUT2D eigenvalue weighted by atomic mass is 16.2. The van der Waals surface area contributed by atoms with Crippen LogP contribution in [0.25, 0.3) is 0 Å². The molecule has 1 unspecified atom stereocenters. The molecule has 2 fully saturated rings. The van der Waals surface area contributed by atoms with Crippen LogP contribution in [0.4, 0.5) is 0 Å². The van der Waals surface area contributed by atoms with Crippen molar-refractivity contribution in [2.24, 2.45) is 11.3 Å². The summed E-state index contributed by atoms with van der Waals surface area (Å²) in [7, 11) is 1.76. The van der Waals surface area contributed by atoms with Gasteiger partial charge >= 0.3 is 0 Å². The zero-order valence-corrected chi connectivity index (χ0v) is 28.3. The van der Waals surface area contributed by atoms with Crippen LogP contribution in [0.2, 0.25) is 0 Å². The van der Waals surface area contributed by atoms with Gasteiger partial charge in [-0.1, -0.05) is 54.0 Å². The highest BCUT2D eigenvalue weighted by Gasteiger charge is 2.40. The van der Waals surface area contributed by atoms with Crippen molar-refractivity contribution in [2.75, 3.05) is 20.1 Å². The summed E-state index contributed by atoms with van der Waals surface area (Å²) < 4.78 is 0. The Morgan fingerprint density at radius 3 is 2.05 bits per heavy atom. The molecule has 9 heteroatoms. The van der Waals surface area contributed by atoms with Gasteiger partial charge in [0.2, 0.25) is 23.6 Å². The van der Waals surface area contributed by atoms with Crippen molar-refractivity contribution in [1.82, 2.24) is 25.3 Å². The van der Waals surface area contributed by atoms with Gasteiger partial charge in [0.15, 0.2) is 0 Å². The molecule has 2 saturated heterocycles. The summed E-state index contributed by atoms with van der Waals surface area (Å²) in [5.41, 5.74) is 0.00271. The van der Waals surface area contributed by atoms with Crippen LogP contribution < -0.4 is 10.6 Å². The Balaban J connectivity index is 2.26. The number of carbonyl (C=O) groups excluding carboxylic acids is 4. The Kier molecular flexibility index (Phi) is 13.1. The first-order valence-electron chi connectivity index (χ1n) is 16.1. The average molecular weight is 590 g/mol. The van der Waals surface area contributed by atoms with E-state index in [1.54, 1.807) is 23.8 Å². The molecule has 2 aliphatic rings. The molecule has 0 radical (unpaired) electrons. The van der Waals surface area contributed by atoms with E-state index in [0.717, 1.165) is 38.6 Å². The minimum absolute atomic E-state index is 0.0240. The van der Waals surface area contributed by atoms with Gasteiger partial charge in [-0.05, 0) is 77.7 Å². The Bertz CT molecular complexity index is 985. The van der Waals surface area contributed by atoms with Gasteiger partial charge in [-0.15, -0.1) is 0 Å². The molecule has 2 heterocycles. The van der Waals surface area contributed by atoms with Crippen molar-refractivity contribution in [3.8, 4) is 0 Å². The lowest BCUT2D eigenvalue weighted by Gasteiger charge is -2.41. The van der Waals surface area contributed by atoms with E-state index in [4.69, 9.17) is 0 Å². The van der Waals surface area contributed by atoms with E-state index in [9.17, 15) is 19.2 Å². The van der Waals surface area contributed by atoms with Gasteiger partial charge in [-0.25, -0.2) is 0 Å². The second-order valence-corrected chi connectivity index (χ2v) is 14.2. The van der Waals surface area contributed by atoms with Crippen LogP contribution >= 0.6 is 0 Å². The van der Waals surface area contributed by atoms with Gasteiger partial charge in [0.1, 0.15) is 12.1 Å². The van der Waals surface area contributed by atoms with E-state index in [-0.39, 0.29) is 53.7 Å². The largest absolute Gasteiger partial charge is 0.352 e. The normalized spacial score (nSPS) is 22.6. The Morgan fingerprint density at radius 2 is 1.50 bits per heavy atom. The molecular weight excluding hydrogens is 530 g/mol. The lowest BCUT2D eigenvalue weighted by Crippen LogP contribution is -2.60. The van der Waals surface area contributed by atoms with Gasteiger partial charge in [0.05, 0.1) is 12.1 Å². The van der Waals surface area contributed by atoms with E-state index in [2.05, 4.69) is 29.4 Å². The molecule has 0 aromatic rings. The van der Waals surface area contributed by atoms with Crippen LogP contribution in [-0.4, -0.2) is 94.7 Å². The average Bonchev–Trinajstić information content (AvgIpc) is 3.42. The van der Waals surface area contributed by atoms with Crippen molar-refractivity contribution < 1.29 is 19.2 Å². The van der Waals surface area contributed by atoms with Crippen molar-refractivity contribution in [3.05, 3.63) is 11.6 Å². The molecule has 9 nitrogen and oxygen atoms in total. The minimum Gasteiger partial charge on any atom is -0.352 e. The Hall–Kier alpha value is -2.42. The predicted molar refractivity (Wildman–Crippen MR) is 169 cm³/mol. The molecule has 2 rings (SSSR count). The Labute approximate surface area is 255 Å². The van der Waals surface area contributed by atoms with Crippen molar-refractivity contribution >= 4 is 23.6 Å². The standard InChI is InChI=1S/C33H59N5O4/c1-12-24(7)34-29(39)26-17-15-19-38(26)31(41)23(6)20-27(21(2)3)36(11)32(42)28(33(8,9)10)35-30(40)25-16-13-14-18-37(25)22(4)5/h20-22,24-28H,12-19H2,1-11H3,(H,34,39)(H,35,40)/t24-,25?,26-,27+,28+/m0/s1. The molecule has 0 aromatic heterocycles. The van der Waals surface area contributed by atoms with Gasteiger partial charge < -0.3 is 20.4 Å². The molecule has 0 spiro atoms. The molecule has 240 valence electrons. The van der Waals surface area contributed by atoms with Crippen LogP contribution in [0.15, 0.2) is 11.6 Å². The second kappa shape index (κ2) is 15.3. The number of nitrogens with zero attached hydrogens (tertiary/aromatic N) is 3. The third kappa shape index (κ3) is 9.04. The number of carbonyl (C=O) groups is 4. The molecule has 0 aromatic carbocycles. The molecule has 2 aliphatic heterocycles. The number of nitrogens with one attached hydrogen (secondary N) is 2. The molecule has 5 atom stereocenters. The number of hydrogen-bond donors (Lipinski definition) is 2. The number of amides is 4. The second-order valence-electron chi connectivity index (χ2n) is 14.2. The first kappa shape index (κ1) is 35.8. The fraction of sp³-hybridized carbons (Fsp3) is 0.818. The summed E-state index contributed by atoms with van der Waals surface area (Å²) in [6.07, 6.45) is 6.98. The molecule has 42 heavy (non-hydrogen) atoms. The minimum atomic E-state index is -0.719.